The number of carboxylic acids is 1. The lowest BCUT2D eigenvalue weighted by Gasteiger charge is -2.12. The molecule has 4 nitrogen and oxygen atoms in total. The highest BCUT2D eigenvalue weighted by atomic mass is 16.5. The highest BCUT2D eigenvalue weighted by molar-refractivity contribution is 6.04. The first-order chi connectivity index (χ1) is 11.0. The molecule has 0 saturated heterocycles. The van der Waals surface area contributed by atoms with E-state index < -0.39 is 5.97 Å². The molecule has 2 aromatic rings. The minimum Gasteiger partial charge on any atom is -0.497 e. The predicted molar refractivity (Wildman–Crippen MR) is 88.2 cm³/mol. The van der Waals surface area contributed by atoms with Crippen LogP contribution in [0.25, 0.3) is 5.57 Å². The third kappa shape index (κ3) is 3.41. The van der Waals surface area contributed by atoms with E-state index in [9.17, 15) is 15.2 Å². The van der Waals surface area contributed by atoms with Crippen molar-refractivity contribution in [1.29, 1.82) is 5.26 Å². The van der Waals surface area contributed by atoms with E-state index in [2.05, 4.69) is 0 Å². The van der Waals surface area contributed by atoms with Gasteiger partial charge in [-0.15, -0.1) is 0 Å². The van der Waals surface area contributed by atoms with Crippen LogP contribution in [0.5, 0.6) is 5.75 Å². The Hall–Kier alpha value is -3.06. The van der Waals surface area contributed by atoms with Crippen molar-refractivity contribution >= 4 is 11.5 Å². The van der Waals surface area contributed by atoms with Crippen molar-refractivity contribution in [3.05, 3.63) is 70.3 Å². The van der Waals surface area contributed by atoms with Gasteiger partial charge in [0.2, 0.25) is 0 Å². The average Bonchev–Trinajstić information content (AvgIpc) is 2.55. The van der Waals surface area contributed by atoms with Crippen molar-refractivity contribution in [3.63, 3.8) is 0 Å². The van der Waals surface area contributed by atoms with Crippen molar-refractivity contribution in [2.24, 2.45) is 0 Å². The van der Waals surface area contributed by atoms with Crippen LogP contribution < -0.4 is 4.74 Å². The van der Waals surface area contributed by atoms with Gasteiger partial charge in [0.1, 0.15) is 17.4 Å². The average molecular weight is 307 g/mol. The molecule has 1 N–H and O–H groups in total. The van der Waals surface area contributed by atoms with Gasteiger partial charge in [0, 0.05) is 5.57 Å². The SMILES string of the molecule is COc1ccc(C(=C(C#N)C(=O)O)c2ccc(C)c(C)c2)cc1. The van der Waals surface area contributed by atoms with Crippen molar-refractivity contribution < 1.29 is 14.6 Å². The number of carboxylic acid groups (broad SMARTS) is 1. The number of nitrogens with zero attached hydrogens (tertiary/aromatic N) is 1. The van der Waals surface area contributed by atoms with Crippen LogP contribution in [-0.4, -0.2) is 18.2 Å². The van der Waals surface area contributed by atoms with E-state index in [1.165, 1.54) is 0 Å². The van der Waals surface area contributed by atoms with Crippen LogP contribution in [0.3, 0.4) is 0 Å². The molecule has 23 heavy (non-hydrogen) atoms. The molecule has 0 aromatic heterocycles. The Labute approximate surface area is 135 Å². The molecule has 0 atom stereocenters. The summed E-state index contributed by atoms with van der Waals surface area (Å²) in [5, 5.41) is 18.7. The van der Waals surface area contributed by atoms with Gasteiger partial charge in [-0.3, -0.25) is 0 Å². The van der Waals surface area contributed by atoms with Crippen LogP contribution >= 0.6 is 0 Å². The molecule has 0 radical (unpaired) electrons. The van der Waals surface area contributed by atoms with Crippen molar-refractivity contribution in [1.82, 2.24) is 0 Å². The number of rotatable bonds is 4. The van der Waals surface area contributed by atoms with Gasteiger partial charge in [-0.05, 0) is 48.2 Å². The lowest BCUT2D eigenvalue weighted by atomic mass is 9.91. The Morgan fingerprint density at radius 2 is 1.65 bits per heavy atom. The summed E-state index contributed by atoms with van der Waals surface area (Å²) in [5.74, 6) is -0.571. The van der Waals surface area contributed by atoms with Crippen LogP contribution in [0.2, 0.25) is 0 Å². The molecule has 0 aliphatic carbocycles. The Kier molecular flexibility index (Phi) is 4.82. The summed E-state index contributed by atoms with van der Waals surface area (Å²) in [5.41, 5.74) is 3.64. The number of ether oxygens (including phenoxy) is 1. The van der Waals surface area contributed by atoms with Gasteiger partial charge in [0.15, 0.2) is 0 Å². The third-order valence-corrected chi connectivity index (χ3v) is 3.75. The molecule has 0 bridgehead atoms. The Morgan fingerprint density at radius 3 is 2.13 bits per heavy atom. The van der Waals surface area contributed by atoms with Crippen molar-refractivity contribution in [2.75, 3.05) is 7.11 Å². The van der Waals surface area contributed by atoms with Gasteiger partial charge in [-0.2, -0.15) is 5.26 Å². The molecule has 0 amide bonds. The molecule has 0 aliphatic heterocycles. The number of aliphatic carboxylic acids is 1. The van der Waals surface area contributed by atoms with Gasteiger partial charge in [-0.25, -0.2) is 4.79 Å². The second-order valence-corrected chi connectivity index (χ2v) is 5.19. The molecule has 4 heteroatoms. The third-order valence-electron chi connectivity index (χ3n) is 3.75. The predicted octanol–water partition coefficient (Wildman–Crippen LogP) is 3.72. The van der Waals surface area contributed by atoms with E-state index in [1.54, 1.807) is 31.4 Å². The van der Waals surface area contributed by atoms with Crippen LogP contribution in [0.4, 0.5) is 0 Å². The van der Waals surface area contributed by atoms with E-state index in [0.717, 1.165) is 11.1 Å². The number of carbonyl (C=O) groups is 1. The maximum absolute atomic E-state index is 11.5. The highest BCUT2D eigenvalue weighted by Gasteiger charge is 2.18. The zero-order chi connectivity index (χ0) is 17.0. The Bertz CT molecular complexity index is 811. The van der Waals surface area contributed by atoms with Crippen molar-refractivity contribution in [2.45, 2.75) is 13.8 Å². The number of hydrogen-bond donors (Lipinski definition) is 1. The van der Waals surface area contributed by atoms with Crippen LogP contribution in [-0.2, 0) is 4.79 Å². The number of hydrogen-bond acceptors (Lipinski definition) is 3. The zero-order valence-corrected chi connectivity index (χ0v) is 13.3. The summed E-state index contributed by atoms with van der Waals surface area (Å²) in [6.07, 6.45) is 0. The number of aryl methyl sites for hydroxylation is 2. The lowest BCUT2D eigenvalue weighted by molar-refractivity contribution is -0.132. The van der Waals surface area contributed by atoms with E-state index in [1.807, 2.05) is 38.1 Å². The molecular weight excluding hydrogens is 290 g/mol. The normalized spacial score (nSPS) is 11.4. The summed E-state index contributed by atoms with van der Waals surface area (Å²) in [4.78, 5) is 11.5. The Morgan fingerprint density at radius 1 is 1.04 bits per heavy atom. The minimum atomic E-state index is -1.24. The second kappa shape index (κ2) is 6.80. The fourth-order valence-corrected chi connectivity index (χ4v) is 2.32. The first kappa shape index (κ1) is 16.3. The van der Waals surface area contributed by atoms with Gasteiger partial charge in [0.25, 0.3) is 0 Å². The first-order valence-corrected chi connectivity index (χ1v) is 7.07. The second-order valence-electron chi connectivity index (χ2n) is 5.19. The maximum Gasteiger partial charge on any atom is 0.347 e. The van der Waals surface area contributed by atoms with Crippen LogP contribution in [0.15, 0.2) is 48.0 Å². The number of methoxy groups -OCH3 is 1. The molecule has 2 aromatic carbocycles. The van der Waals surface area contributed by atoms with Gasteiger partial charge in [0.05, 0.1) is 7.11 Å². The molecule has 0 spiro atoms. The molecule has 0 heterocycles. The molecule has 0 unspecified atom stereocenters. The van der Waals surface area contributed by atoms with Gasteiger partial charge < -0.3 is 9.84 Å². The summed E-state index contributed by atoms with van der Waals surface area (Å²) in [6.45, 7) is 3.94. The summed E-state index contributed by atoms with van der Waals surface area (Å²) in [7, 11) is 1.56. The van der Waals surface area contributed by atoms with Crippen LogP contribution in [0, 0.1) is 25.2 Å². The summed E-state index contributed by atoms with van der Waals surface area (Å²) < 4.78 is 5.13. The van der Waals surface area contributed by atoms with E-state index >= 15 is 0 Å². The zero-order valence-electron chi connectivity index (χ0n) is 13.3. The first-order valence-electron chi connectivity index (χ1n) is 7.07. The van der Waals surface area contributed by atoms with Gasteiger partial charge >= 0.3 is 5.97 Å². The molecular formula is C19H17NO3. The maximum atomic E-state index is 11.5. The number of benzene rings is 2. The fraction of sp³-hybridized carbons (Fsp3) is 0.158. The van der Waals surface area contributed by atoms with Gasteiger partial charge in [-0.1, -0.05) is 30.3 Å². The summed E-state index contributed by atoms with van der Waals surface area (Å²) in [6, 6.07) is 14.5. The highest BCUT2D eigenvalue weighted by Crippen LogP contribution is 2.29. The molecule has 0 aliphatic rings. The fourth-order valence-electron chi connectivity index (χ4n) is 2.32. The molecule has 0 fully saturated rings. The minimum absolute atomic E-state index is 0.279. The Balaban J connectivity index is 2.72. The quantitative estimate of drug-likeness (QED) is 0.690. The molecule has 116 valence electrons. The molecule has 2 rings (SSSR count). The summed E-state index contributed by atoms with van der Waals surface area (Å²) >= 11 is 0. The topological polar surface area (TPSA) is 70.3 Å². The smallest absolute Gasteiger partial charge is 0.347 e. The van der Waals surface area contributed by atoms with Crippen molar-refractivity contribution in [3.8, 4) is 11.8 Å². The number of nitriles is 1. The largest absolute Gasteiger partial charge is 0.497 e. The molecule has 0 saturated carbocycles. The lowest BCUT2D eigenvalue weighted by Crippen LogP contribution is -2.04. The van der Waals surface area contributed by atoms with E-state index in [0.29, 0.717) is 22.4 Å². The van der Waals surface area contributed by atoms with E-state index in [-0.39, 0.29) is 5.57 Å². The monoisotopic (exact) mass is 307 g/mol. The standard InChI is InChI=1S/C19H17NO3/c1-12-4-5-15(10-13(12)2)18(17(11-20)19(21)22)14-6-8-16(23-3)9-7-14/h4-10H,1-3H3,(H,21,22). The van der Waals surface area contributed by atoms with Crippen LogP contribution in [0.1, 0.15) is 22.3 Å². The van der Waals surface area contributed by atoms with E-state index in [4.69, 9.17) is 4.74 Å².